The number of anilines is 4. The molecule has 0 saturated carbocycles. The molecule has 0 atom stereocenters. The fourth-order valence-corrected chi connectivity index (χ4v) is 9.75. The largest absolute Gasteiger partial charge is 0.329 e. The van der Waals surface area contributed by atoms with Gasteiger partial charge in [0.05, 0.1) is 23.9 Å². The van der Waals surface area contributed by atoms with E-state index in [-0.39, 0.29) is 0 Å². The van der Waals surface area contributed by atoms with Crippen LogP contribution >= 0.6 is 0 Å². The van der Waals surface area contributed by atoms with E-state index in [1.54, 1.807) is 0 Å². The fourth-order valence-electron chi connectivity index (χ4n) is 9.75. The number of fused-ring (bicyclic) bond motifs is 11. The van der Waals surface area contributed by atoms with Gasteiger partial charge in [-0.25, -0.2) is 0 Å². The minimum Gasteiger partial charge on any atom is -0.329 e. The highest BCUT2D eigenvalue weighted by molar-refractivity contribution is 6.16. The molecule has 0 unspecified atom stereocenters. The third-order valence-electron chi connectivity index (χ3n) is 11.2. The number of terminal acetylenes is 2. The van der Waals surface area contributed by atoms with Gasteiger partial charge in [0.1, 0.15) is 0 Å². The van der Waals surface area contributed by atoms with Crippen molar-refractivity contribution in [1.82, 2.24) is 0 Å². The molecule has 1 aliphatic carbocycles. The summed E-state index contributed by atoms with van der Waals surface area (Å²) in [6.07, 6.45) is 12.2. The molecule has 0 bridgehead atoms. The van der Waals surface area contributed by atoms with Crippen molar-refractivity contribution in [1.29, 1.82) is 0 Å². The zero-order valence-corrected chi connectivity index (χ0v) is 26.3. The Morgan fingerprint density at radius 1 is 0.375 bits per heavy atom. The van der Waals surface area contributed by atoms with Gasteiger partial charge in [-0.15, -0.1) is 12.8 Å². The summed E-state index contributed by atoms with van der Waals surface area (Å²) in [6, 6.07) is 54.2. The molecule has 2 spiro atoms. The zero-order valence-electron chi connectivity index (χ0n) is 26.3. The molecule has 10 rings (SSSR count). The summed E-state index contributed by atoms with van der Waals surface area (Å²) in [5.74, 6) is 5.97. The lowest BCUT2D eigenvalue weighted by molar-refractivity contribution is 0.415. The number of nitrogens with zero attached hydrogens (tertiary/aromatic N) is 2. The van der Waals surface area contributed by atoms with E-state index < -0.39 is 10.8 Å². The molecule has 3 aliphatic rings. The van der Waals surface area contributed by atoms with Crippen LogP contribution in [0.1, 0.15) is 33.4 Å². The quantitative estimate of drug-likeness (QED) is 0.142. The topological polar surface area (TPSA) is 6.48 Å². The van der Waals surface area contributed by atoms with E-state index in [0.29, 0.717) is 13.1 Å². The number of para-hydroxylation sites is 4. The van der Waals surface area contributed by atoms with Crippen molar-refractivity contribution in [2.24, 2.45) is 0 Å². The maximum atomic E-state index is 6.11. The van der Waals surface area contributed by atoms with E-state index in [4.69, 9.17) is 12.8 Å². The lowest BCUT2D eigenvalue weighted by Gasteiger charge is -2.61. The standard InChI is InChI=1S/C46H30N2/c1-3-29-47-39-23-9-5-17-33(39)45(34-18-6-10-24-40(34)47)37-21-13-15-31-27-28-32-16-14-22-38(44(32)43(31)37)46(45)35-19-7-11-25-41(35)48(30-4-2)42-26-12-8-20-36(42)46/h1-2,5-28H,29-30H2. The summed E-state index contributed by atoms with van der Waals surface area (Å²) in [6.45, 7) is 0.938. The first-order valence-corrected chi connectivity index (χ1v) is 16.5. The normalized spacial score (nSPS) is 15.5. The highest BCUT2D eigenvalue weighted by Gasteiger charge is 2.65. The molecule has 224 valence electrons. The monoisotopic (exact) mass is 610 g/mol. The average Bonchev–Trinajstić information content (AvgIpc) is 3.15. The molecule has 0 radical (unpaired) electrons. The SMILES string of the molecule is C#CCN1c2ccccc2C2(c3ccccc31)c1cccc3ccc4cccc(c4c13)C21c2ccccc2N(CC#C)c2ccccc21. The minimum absolute atomic E-state index is 0.469. The van der Waals surface area contributed by atoms with E-state index in [1.165, 1.54) is 54.9 Å². The van der Waals surface area contributed by atoms with E-state index in [2.05, 4.69) is 167 Å². The molecule has 2 heteroatoms. The Bertz CT molecular complexity index is 2300. The number of rotatable bonds is 2. The van der Waals surface area contributed by atoms with Gasteiger partial charge in [-0.2, -0.15) is 0 Å². The first-order valence-electron chi connectivity index (χ1n) is 16.5. The first kappa shape index (κ1) is 26.9. The van der Waals surface area contributed by atoms with Gasteiger partial charge in [-0.1, -0.05) is 133 Å². The van der Waals surface area contributed by atoms with Crippen molar-refractivity contribution in [2.75, 3.05) is 22.9 Å². The molecule has 2 aliphatic heterocycles. The van der Waals surface area contributed by atoms with E-state index >= 15 is 0 Å². The second-order valence-electron chi connectivity index (χ2n) is 13.0. The summed E-state index contributed by atoms with van der Waals surface area (Å²) in [4.78, 5) is 4.66. The molecule has 48 heavy (non-hydrogen) atoms. The van der Waals surface area contributed by atoms with Crippen molar-refractivity contribution < 1.29 is 0 Å². The Balaban J connectivity index is 1.56. The Labute approximate surface area is 280 Å². The Morgan fingerprint density at radius 2 is 0.688 bits per heavy atom. The summed E-state index contributed by atoms with van der Waals surface area (Å²) in [7, 11) is 0. The van der Waals surface area contributed by atoms with Crippen molar-refractivity contribution in [2.45, 2.75) is 10.8 Å². The van der Waals surface area contributed by atoms with Crippen molar-refractivity contribution in [3.63, 3.8) is 0 Å². The molecule has 0 fully saturated rings. The summed E-state index contributed by atoms with van der Waals surface area (Å²) in [5.41, 5.74) is 10.7. The van der Waals surface area contributed by atoms with Gasteiger partial charge >= 0.3 is 0 Å². The predicted molar refractivity (Wildman–Crippen MR) is 199 cm³/mol. The molecule has 0 N–H and O–H groups in total. The molecule has 7 aromatic rings. The van der Waals surface area contributed by atoms with Gasteiger partial charge in [0.25, 0.3) is 0 Å². The van der Waals surface area contributed by atoms with E-state index in [9.17, 15) is 0 Å². The fraction of sp³-hybridized carbons (Fsp3) is 0.0870. The smallest absolute Gasteiger partial charge is 0.0840 e. The Kier molecular flexibility index (Phi) is 5.42. The van der Waals surface area contributed by atoms with Crippen LogP contribution in [-0.4, -0.2) is 13.1 Å². The summed E-state index contributed by atoms with van der Waals surface area (Å²) in [5, 5.41) is 5.11. The highest BCUT2D eigenvalue weighted by atomic mass is 15.2. The minimum atomic E-state index is -0.693. The molecule has 7 aromatic carbocycles. The van der Waals surface area contributed by atoms with Gasteiger partial charge in [0.2, 0.25) is 0 Å². The van der Waals surface area contributed by atoms with Crippen LogP contribution in [0.2, 0.25) is 0 Å². The van der Waals surface area contributed by atoms with Crippen LogP contribution in [0.3, 0.4) is 0 Å². The third kappa shape index (κ3) is 2.98. The van der Waals surface area contributed by atoms with Gasteiger partial charge in [0.15, 0.2) is 0 Å². The number of hydrogen-bond acceptors (Lipinski definition) is 2. The average molecular weight is 611 g/mol. The van der Waals surface area contributed by atoms with E-state index in [0.717, 1.165) is 22.7 Å². The summed E-state index contributed by atoms with van der Waals surface area (Å²) >= 11 is 0. The van der Waals surface area contributed by atoms with Gasteiger partial charge < -0.3 is 9.80 Å². The molecular formula is C46H30N2. The van der Waals surface area contributed by atoms with Crippen molar-refractivity contribution in [3.05, 3.63) is 179 Å². The third-order valence-corrected chi connectivity index (χ3v) is 11.2. The summed E-state index contributed by atoms with van der Waals surface area (Å²) < 4.78 is 0. The molecular weight excluding hydrogens is 581 g/mol. The van der Waals surface area contributed by atoms with Crippen molar-refractivity contribution >= 4 is 44.3 Å². The van der Waals surface area contributed by atoms with Crippen LogP contribution in [0.5, 0.6) is 0 Å². The molecule has 0 amide bonds. The van der Waals surface area contributed by atoms with Crippen LogP contribution < -0.4 is 9.80 Å². The number of benzene rings is 7. The van der Waals surface area contributed by atoms with Gasteiger partial charge in [0, 0.05) is 22.7 Å². The number of hydrogen-bond donors (Lipinski definition) is 0. The Hall–Kier alpha value is -6.22. The highest BCUT2D eigenvalue weighted by Crippen LogP contribution is 2.71. The maximum Gasteiger partial charge on any atom is 0.0840 e. The lowest BCUT2D eigenvalue weighted by atomic mass is 9.42. The second-order valence-corrected chi connectivity index (χ2v) is 13.0. The van der Waals surface area contributed by atoms with Gasteiger partial charge in [-0.05, 0) is 79.2 Å². The van der Waals surface area contributed by atoms with Crippen LogP contribution in [0.4, 0.5) is 22.7 Å². The Morgan fingerprint density at radius 3 is 1.02 bits per heavy atom. The second kappa shape index (κ2) is 9.65. The molecule has 0 aromatic heterocycles. The molecule has 2 heterocycles. The predicted octanol–water partition coefficient (Wildman–Crippen LogP) is 9.84. The molecule has 2 nitrogen and oxygen atoms in total. The van der Waals surface area contributed by atoms with Crippen LogP contribution in [0.25, 0.3) is 21.5 Å². The van der Waals surface area contributed by atoms with E-state index in [1.807, 2.05) is 0 Å². The van der Waals surface area contributed by atoms with Crippen LogP contribution in [0, 0.1) is 24.7 Å². The van der Waals surface area contributed by atoms with Crippen LogP contribution in [0.15, 0.2) is 146 Å². The first-order chi connectivity index (χ1) is 23.8. The van der Waals surface area contributed by atoms with Gasteiger partial charge in [-0.3, -0.25) is 0 Å². The lowest BCUT2D eigenvalue weighted by Crippen LogP contribution is -2.58. The maximum absolute atomic E-state index is 6.11. The van der Waals surface area contributed by atoms with Crippen molar-refractivity contribution in [3.8, 4) is 24.7 Å². The molecule has 0 saturated heterocycles. The zero-order chi connectivity index (χ0) is 32.0. The van der Waals surface area contributed by atoms with Crippen LogP contribution in [-0.2, 0) is 10.8 Å².